The fourth-order valence-corrected chi connectivity index (χ4v) is 7.64. The number of hydrogen-bond acceptors (Lipinski definition) is 11. The van der Waals surface area contributed by atoms with Gasteiger partial charge in [-0.1, -0.05) is 6.92 Å². The van der Waals surface area contributed by atoms with E-state index < -0.39 is 18.1 Å². The molecule has 58 heavy (non-hydrogen) atoms. The van der Waals surface area contributed by atoms with Crippen LogP contribution in [0.1, 0.15) is 48.5 Å². The van der Waals surface area contributed by atoms with E-state index in [2.05, 4.69) is 48.3 Å². The minimum atomic E-state index is -1.18. The van der Waals surface area contributed by atoms with Gasteiger partial charge in [-0.2, -0.15) is 4.39 Å². The van der Waals surface area contributed by atoms with Crippen molar-refractivity contribution in [1.29, 1.82) is 0 Å². The summed E-state index contributed by atoms with van der Waals surface area (Å²) in [6, 6.07) is 9.62. The number of anilines is 2. The molecule has 2 aliphatic heterocycles. The zero-order chi connectivity index (χ0) is 41.1. The van der Waals surface area contributed by atoms with Gasteiger partial charge in [-0.15, -0.1) is 0 Å². The molecule has 0 radical (unpaired) electrons. The molecular formula is C41H48F2N10O5. The van der Waals surface area contributed by atoms with Gasteiger partial charge in [0.05, 0.1) is 38.6 Å². The van der Waals surface area contributed by atoms with E-state index >= 15 is 8.78 Å². The van der Waals surface area contributed by atoms with Crippen molar-refractivity contribution >= 4 is 35.4 Å². The second-order valence-corrected chi connectivity index (χ2v) is 14.7. The zero-order valence-electron chi connectivity index (χ0n) is 32.5. The van der Waals surface area contributed by atoms with Crippen LogP contribution >= 0.6 is 0 Å². The van der Waals surface area contributed by atoms with Crippen molar-refractivity contribution < 1.29 is 37.5 Å². The number of benzene rings is 2. The summed E-state index contributed by atoms with van der Waals surface area (Å²) in [7, 11) is 2.33. The number of piperidine rings is 1. The van der Waals surface area contributed by atoms with Gasteiger partial charge in [0.25, 0.3) is 5.91 Å². The number of nitrogens with zero attached hydrogens (tertiary/aromatic N) is 6. The predicted molar refractivity (Wildman–Crippen MR) is 210 cm³/mol. The Morgan fingerprint density at radius 1 is 1.02 bits per heavy atom. The minimum absolute atomic E-state index is 0.0199. The Balaban J connectivity index is 0.00000183. The molecule has 2 saturated heterocycles. The molecule has 7 rings (SSSR count). The lowest BCUT2D eigenvalue weighted by Crippen LogP contribution is -2.54. The lowest BCUT2D eigenvalue weighted by Gasteiger charge is -2.41. The van der Waals surface area contributed by atoms with Gasteiger partial charge in [0.2, 0.25) is 11.7 Å². The molecule has 3 aromatic heterocycles. The number of ether oxygens (including phenoxy) is 1. The van der Waals surface area contributed by atoms with Crippen molar-refractivity contribution in [3.05, 3.63) is 90.1 Å². The molecule has 0 bridgehead atoms. The summed E-state index contributed by atoms with van der Waals surface area (Å²) < 4.78 is 38.4. The molecule has 4 N–H and O–H groups in total. The van der Waals surface area contributed by atoms with Crippen molar-refractivity contribution in [2.45, 2.75) is 39.0 Å². The Bertz CT molecular complexity index is 2190. The highest BCUT2D eigenvalue weighted by atomic mass is 19.2. The third kappa shape index (κ3) is 10.1. The summed E-state index contributed by atoms with van der Waals surface area (Å²) in [5, 5.41) is 21.0. The van der Waals surface area contributed by atoms with Gasteiger partial charge in [0.1, 0.15) is 0 Å². The average molecular weight is 799 g/mol. The van der Waals surface area contributed by atoms with Gasteiger partial charge < -0.3 is 40.4 Å². The van der Waals surface area contributed by atoms with Crippen molar-refractivity contribution in [3.8, 4) is 23.0 Å². The number of aromatic nitrogens is 5. The highest BCUT2D eigenvalue weighted by molar-refractivity contribution is 5.96. The van der Waals surface area contributed by atoms with Gasteiger partial charge in [-0.05, 0) is 67.8 Å². The molecule has 2 amide bonds. The van der Waals surface area contributed by atoms with E-state index in [1.54, 1.807) is 28.8 Å². The van der Waals surface area contributed by atoms with Crippen molar-refractivity contribution in [2.24, 2.45) is 11.8 Å². The first-order valence-corrected chi connectivity index (χ1v) is 19.4. The molecule has 15 nitrogen and oxygen atoms in total. The zero-order valence-corrected chi connectivity index (χ0v) is 32.5. The van der Waals surface area contributed by atoms with Crippen LogP contribution < -0.4 is 31.1 Å². The Kier molecular flexibility index (Phi) is 13.9. The van der Waals surface area contributed by atoms with Crippen LogP contribution in [0.2, 0.25) is 0 Å². The van der Waals surface area contributed by atoms with Gasteiger partial charge in [-0.25, -0.2) is 24.3 Å². The number of carbonyl (C=O) groups excluding carboxylic acids is 3. The summed E-state index contributed by atoms with van der Waals surface area (Å²) in [5.41, 5.74) is 2.75. The van der Waals surface area contributed by atoms with E-state index in [0.717, 1.165) is 55.0 Å². The number of amides is 2. The van der Waals surface area contributed by atoms with Gasteiger partial charge in [0.15, 0.2) is 23.0 Å². The Labute approximate surface area is 334 Å². The van der Waals surface area contributed by atoms with E-state index in [1.165, 1.54) is 49.9 Å². The molecule has 2 fully saturated rings. The van der Waals surface area contributed by atoms with Crippen LogP contribution in [0.3, 0.4) is 0 Å². The van der Waals surface area contributed by atoms with Crippen LogP contribution in [0, 0.1) is 23.5 Å². The van der Waals surface area contributed by atoms with E-state index in [0.29, 0.717) is 54.3 Å². The van der Waals surface area contributed by atoms with E-state index in [9.17, 15) is 9.59 Å². The first kappa shape index (κ1) is 41.6. The largest absolute Gasteiger partial charge is 0.554 e. The molecule has 0 saturated carbocycles. The second kappa shape index (κ2) is 19.4. The number of rotatable bonds is 14. The second-order valence-electron chi connectivity index (χ2n) is 14.7. The molecule has 5 heterocycles. The average Bonchev–Trinajstić information content (AvgIpc) is 3.91. The standard InChI is InChI=1S/C40H46F2N10O3.CH2O2/c1-3-27-22-29(6-7-30(27)39(54)46-14-4-13-45-38(53)28-11-20-52(2,21-12-28)25-26-10-17-43-23-26)50-36-37-49-24-32(51(37)19-18-44-36)31-8-9-33(35(42)34(31)41)55-40-47-15-5-16-48-40;2-1-3/h5-9,15-16,18-19,22,24,26,28,43H,3-4,10-14,17,20-21,23,25H2,1-2H3,(H2-,44,45,46,50,53,54);1H,(H,2,3). The topological polar surface area (TPSA) is 188 Å². The van der Waals surface area contributed by atoms with Crippen LogP contribution in [-0.2, 0) is 16.0 Å². The first-order valence-electron chi connectivity index (χ1n) is 19.4. The molecule has 1 atom stereocenters. The fourth-order valence-electron chi connectivity index (χ4n) is 7.64. The van der Waals surface area contributed by atoms with E-state index in [1.807, 2.05) is 13.0 Å². The molecule has 5 aromatic rings. The van der Waals surface area contributed by atoms with Crippen molar-refractivity contribution in [2.75, 3.05) is 58.2 Å². The van der Waals surface area contributed by atoms with Crippen molar-refractivity contribution in [3.63, 3.8) is 0 Å². The van der Waals surface area contributed by atoms with Crippen molar-refractivity contribution in [1.82, 2.24) is 40.3 Å². The maximum Gasteiger partial charge on any atom is 0.321 e. The molecule has 2 aromatic carbocycles. The van der Waals surface area contributed by atoms with Crippen LogP contribution in [0.15, 0.2) is 67.4 Å². The Morgan fingerprint density at radius 3 is 2.50 bits per heavy atom. The predicted octanol–water partition coefficient (Wildman–Crippen LogP) is 3.63. The third-order valence-corrected chi connectivity index (χ3v) is 10.7. The number of carbonyl (C=O) groups is 3. The number of aryl methyl sites for hydroxylation is 1. The summed E-state index contributed by atoms with van der Waals surface area (Å²) >= 11 is 0. The van der Waals surface area contributed by atoms with Crippen LogP contribution in [0.4, 0.5) is 20.3 Å². The lowest BCUT2D eigenvalue weighted by atomic mass is 9.93. The normalized spacial score (nSPS) is 18.8. The summed E-state index contributed by atoms with van der Waals surface area (Å²) in [4.78, 5) is 51.0. The Morgan fingerprint density at radius 2 is 1.78 bits per heavy atom. The lowest BCUT2D eigenvalue weighted by molar-refractivity contribution is -0.917. The molecule has 17 heteroatoms. The maximum absolute atomic E-state index is 15.4. The first-order chi connectivity index (χ1) is 28.1. The molecule has 0 spiro atoms. The molecule has 306 valence electrons. The van der Waals surface area contributed by atoms with Gasteiger partial charge in [0, 0.05) is 92.4 Å². The number of quaternary nitrogens is 1. The number of fused-ring (bicyclic) bond motifs is 1. The summed E-state index contributed by atoms with van der Waals surface area (Å²) in [6.07, 6.45) is 11.8. The SMILES string of the molecule is CCc1cc(Nc2nccn3c(-c4ccc(Oc5ncccn5)c(F)c4F)cnc23)ccc1C(=O)NCCCNC(=O)C1CC[N+](C)(CC2CCNC2)CC1.O=C[O-]. The highest BCUT2D eigenvalue weighted by Gasteiger charge is 2.35. The number of imidazole rings is 1. The third-order valence-electron chi connectivity index (χ3n) is 10.7. The van der Waals surface area contributed by atoms with Crippen LogP contribution in [0.5, 0.6) is 11.8 Å². The molecular weight excluding hydrogens is 751 g/mol. The quantitative estimate of drug-likeness (QED) is 0.0730. The number of nitrogens with one attached hydrogen (secondary N) is 4. The summed E-state index contributed by atoms with van der Waals surface area (Å²) in [6.45, 7) is 7.91. The van der Waals surface area contributed by atoms with E-state index in [4.69, 9.17) is 14.6 Å². The highest BCUT2D eigenvalue weighted by Crippen LogP contribution is 2.33. The van der Waals surface area contributed by atoms with Crippen LogP contribution in [-0.4, -0.2) is 100.0 Å². The smallest absolute Gasteiger partial charge is 0.321 e. The van der Waals surface area contributed by atoms with E-state index in [-0.39, 0.29) is 35.1 Å². The number of halogens is 2. The van der Waals surface area contributed by atoms with Crippen LogP contribution in [0.25, 0.3) is 16.9 Å². The minimum Gasteiger partial charge on any atom is -0.554 e. The molecule has 0 aliphatic carbocycles. The maximum atomic E-state index is 15.4. The number of hydrogen-bond donors (Lipinski definition) is 4. The Hall–Kier alpha value is -6.07. The van der Waals surface area contributed by atoms with Gasteiger partial charge in [-0.3, -0.25) is 14.0 Å². The van der Waals surface area contributed by atoms with Gasteiger partial charge >= 0.3 is 6.01 Å². The summed E-state index contributed by atoms with van der Waals surface area (Å²) in [5.74, 6) is -1.52. The monoisotopic (exact) mass is 798 g/mol. The fraction of sp³-hybridized carbons (Fsp3) is 0.390. The molecule has 2 aliphatic rings. The number of carboxylic acid groups (broad SMARTS) is 1. The number of likely N-dealkylation sites (tertiary alicyclic amines) is 1. The molecule has 1 unspecified atom stereocenters.